The van der Waals surface area contributed by atoms with Crippen LogP contribution in [0.15, 0.2) is 78.9 Å². The van der Waals surface area contributed by atoms with Crippen molar-refractivity contribution in [1.82, 2.24) is 15.0 Å². The van der Waals surface area contributed by atoms with Crippen LogP contribution in [0.25, 0.3) is 27.5 Å². The number of hydrogen-bond acceptors (Lipinski definition) is 3. The van der Waals surface area contributed by atoms with E-state index in [1.165, 1.54) is 0 Å². The smallest absolute Gasteiger partial charge is 0.255 e. The number of nitrogens with one attached hydrogen (secondary N) is 1. The van der Waals surface area contributed by atoms with E-state index in [9.17, 15) is 4.79 Å². The van der Waals surface area contributed by atoms with Gasteiger partial charge in [0.2, 0.25) is 0 Å². The number of benzene rings is 4. The van der Waals surface area contributed by atoms with Gasteiger partial charge in [-0.1, -0.05) is 54.1 Å². The Bertz CT molecular complexity index is 1400. The molecule has 0 aliphatic heterocycles. The van der Waals surface area contributed by atoms with Crippen molar-refractivity contribution in [3.8, 4) is 5.69 Å². The molecule has 0 fully saturated rings. The molecule has 146 valence electrons. The molecule has 5 nitrogen and oxygen atoms in total. The van der Waals surface area contributed by atoms with E-state index in [-0.39, 0.29) is 5.91 Å². The van der Waals surface area contributed by atoms with Gasteiger partial charge < -0.3 is 5.32 Å². The van der Waals surface area contributed by atoms with Gasteiger partial charge in [0.05, 0.1) is 5.69 Å². The number of anilines is 1. The molecule has 5 rings (SSSR count). The molecule has 0 unspecified atom stereocenters. The average molecular weight is 392 g/mol. The van der Waals surface area contributed by atoms with Gasteiger partial charge >= 0.3 is 0 Å². The van der Waals surface area contributed by atoms with Gasteiger partial charge in [0.1, 0.15) is 11.0 Å². The zero-order valence-electron chi connectivity index (χ0n) is 16.8. The first-order valence-corrected chi connectivity index (χ1v) is 9.82. The third-order valence-corrected chi connectivity index (χ3v) is 5.27. The number of hydrogen-bond donors (Lipinski definition) is 1. The molecule has 0 spiro atoms. The van der Waals surface area contributed by atoms with E-state index in [0.29, 0.717) is 5.56 Å². The largest absolute Gasteiger partial charge is 0.322 e. The molecule has 0 saturated carbocycles. The Morgan fingerprint density at radius 3 is 2.33 bits per heavy atom. The van der Waals surface area contributed by atoms with E-state index < -0.39 is 0 Å². The summed E-state index contributed by atoms with van der Waals surface area (Å²) in [5.74, 6) is -0.140. The van der Waals surface area contributed by atoms with E-state index >= 15 is 0 Å². The van der Waals surface area contributed by atoms with Gasteiger partial charge in [-0.2, -0.15) is 0 Å². The second kappa shape index (κ2) is 7.12. The quantitative estimate of drug-likeness (QED) is 0.445. The van der Waals surface area contributed by atoms with E-state index in [1.54, 1.807) is 4.80 Å². The molecule has 0 radical (unpaired) electrons. The van der Waals surface area contributed by atoms with Crippen molar-refractivity contribution in [2.24, 2.45) is 0 Å². The summed E-state index contributed by atoms with van der Waals surface area (Å²) in [7, 11) is 0. The van der Waals surface area contributed by atoms with Crippen molar-refractivity contribution in [2.45, 2.75) is 13.8 Å². The highest BCUT2D eigenvalue weighted by atomic mass is 16.1. The lowest BCUT2D eigenvalue weighted by Crippen LogP contribution is -2.12. The molecule has 5 aromatic rings. The van der Waals surface area contributed by atoms with Crippen LogP contribution in [0.1, 0.15) is 21.5 Å². The minimum Gasteiger partial charge on any atom is -0.322 e. The Kier molecular flexibility index (Phi) is 4.29. The van der Waals surface area contributed by atoms with Crippen molar-refractivity contribution in [3.63, 3.8) is 0 Å². The molecule has 0 aliphatic carbocycles. The monoisotopic (exact) mass is 392 g/mol. The third kappa shape index (κ3) is 3.20. The second-order valence-electron chi connectivity index (χ2n) is 7.46. The number of aromatic nitrogens is 3. The first kappa shape index (κ1) is 18.1. The summed E-state index contributed by atoms with van der Waals surface area (Å²) in [6.07, 6.45) is 0. The average Bonchev–Trinajstić information content (AvgIpc) is 3.16. The van der Waals surface area contributed by atoms with E-state index in [0.717, 1.165) is 44.3 Å². The minimum atomic E-state index is -0.140. The van der Waals surface area contributed by atoms with Crippen LogP contribution in [0.4, 0.5) is 5.69 Å². The summed E-state index contributed by atoms with van der Waals surface area (Å²) in [4.78, 5) is 14.3. The number of rotatable bonds is 3. The van der Waals surface area contributed by atoms with Crippen LogP contribution in [0.5, 0.6) is 0 Å². The summed E-state index contributed by atoms with van der Waals surface area (Å²) in [6.45, 7) is 3.96. The second-order valence-corrected chi connectivity index (χ2v) is 7.46. The lowest BCUT2D eigenvalue weighted by molar-refractivity contribution is 0.102. The van der Waals surface area contributed by atoms with Crippen LogP contribution in [0.2, 0.25) is 0 Å². The van der Waals surface area contributed by atoms with Crippen molar-refractivity contribution < 1.29 is 4.79 Å². The lowest BCUT2D eigenvalue weighted by Gasteiger charge is -2.08. The molecule has 0 saturated heterocycles. The highest BCUT2D eigenvalue weighted by molar-refractivity contribution is 6.05. The highest BCUT2D eigenvalue weighted by Crippen LogP contribution is 2.25. The Morgan fingerprint density at radius 1 is 0.833 bits per heavy atom. The van der Waals surface area contributed by atoms with Crippen LogP contribution in [0, 0.1) is 13.8 Å². The Labute approximate surface area is 174 Å². The summed E-state index contributed by atoms with van der Waals surface area (Å²) < 4.78 is 0. The molecule has 30 heavy (non-hydrogen) atoms. The van der Waals surface area contributed by atoms with Crippen LogP contribution >= 0.6 is 0 Å². The van der Waals surface area contributed by atoms with Gasteiger partial charge in [0, 0.05) is 16.6 Å². The first-order chi connectivity index (χ1) is 14.6. The van der Waals surface area contributed by atoms with Crippen LogP contribution < -0.4 is 5.32 Å². The van der Waals surface area contributed by atoms with Crippen molar-refractivity contribution >= 4 is 33.4 Å². The fraction of sp³-hybridized carbons (Fsp3) is 0.0800. The normalized spacial score (nSPS) is 11.1. The number of aryl methyl sites for hydroxylation is 2. The van der Waals surface area contributed by atoms with Crippen LogP contribution in [-0.2, 0) is 0 Å². The molecule has 1 amide bonds. The molecule has 0 bridgehead atoms. The predicted molar refractivity (Wildman–Crippen MR) is 120 cm³/mol. The Morgan fingerprint density at radius 2 is 1.53 bits per heavy atom. The maximum absolute atomic E-state index is 12.6. The van der Waals surface area contributed by atoms with Gasteiger partial charge in [-0.25, -0.2) is 0 Å². The summed E-state index contributed by atoms with van der Waals surface area (Å²) in [5, 5.41) is 14.6. The molecule has 0 aliphatic rings. The predicted octanol–water partition coefficient (Wildman–Crippen LogP) is 5.44. The Balaban J connectivity index is 1.53. The summed E-state index contributed by atoms with van der Waals surface area (Å²) >= 11 is 0. The molecule has 5 heteroatoms. The number of carbonyl (C=O) groups is 1. The maximum Gasteiger partial charge on any atom is 0.255 e. The summed E-state index contributed by atoms with van der Waals surface area (Å²) in [5.41, 5.74) is 5.85. The number of nitrogens with zero attached hydrogens (tertiary/aromatic N) is 3. The van der Waals surface area contributed by atoms with Crippen molar-refractivity contribution in [3.05, 3.63) is 95.6 Å². The molecular formula is C25H20N4O. The van der Waals surface area contributed by atoms with Gasteiger partial charge in [-0.05, 0) is 55.1 Å². The van der Waals surface area contributed by atoms with Crippen molar-refractivity contribution in [1.29, 1.82) is 0 Å². The van der Waals surface area contributed by atoms with Gasteiger partial charge in [0.15, 0.2) is 0 Å². The van der Waals surface area contributed by atoms with Gasteiger partial charge in [-0.15, -0.1) is 15.0 Å². The number of fused-ring (bicyclic) bond motifs is 2. The van der Waals surface area contributed by atoms with Crippen LogP contribution in [0.3, 0.4) is 0 Å². The highest BCUT2D eigenvalue weighted by Gasteiger charge is 2.13. The van der Waals surface area contributed by atoms with Gasteiger partial charge in [0.25, 0.3) is 5.91 Å². The minimum absolute atomic E-state index is 0.140. The topological polar surface area (TPSA) is 59.8 Å². The number of carbonyl (C=O) groups excluding carboxylic acids is 1. The third-order valence-electron chi connectivity index (χ3n) is 5.27. The van der Waals surface area contributed by atoms with Gasteiger partial charge in [-0.3, -0.25) is 4.79 Å². The molecule has 1 N–H and O–H groups in total. The standard InChI is InChI=1S/C25H20N4O/c1-16-10-12-19(13-11-16)25(30)26-21-15-23-22(14-17(21)2)27-29(28-23)24-9-5-7-18-6-3-4-8-20(18)24/h3-15H,1-2H3,(H,26,30). The van der Waals surface area contributed by atoms with Crippen molar-refractivity contribution in [2.75, 3.05) is 5.32 Å². The molecule has 0 atom stereocenters. The summed E-state index contributed by atoms with van der Waals surface area (Å²) in [6, 6.07) is 25.6. The molecule has 1 heterocycles. The van der Waals surface area contributed by atoms with E-state index in [2.05, 4.69) is 33.7 Å². The fourth-order valence-electron chi connectivity index (χ4n) is 3.59. The van der Waals surface area contributed by atoms with E-state index in [1.807, 2.05) is 74.5 Å². The Hall–Kier alpha value is -3.99. The zero-order valence-corrected chi connectivity index (χ0v) is 16.8. The van der Waals surface area contributed by atoms with E-state index in [4.69, 9.17) is 0 Å². The lowest BCUT2D eigenvalue weighted by atomic mass is 10.1. The molecular weight excluding hydrogens is 372 g/mol. The molecule has 1 aromatic heterocycles. The SMILES string of the molecule is Cc1ccc(C(=O)Nc2cc3nn(-c4cccc5ccccc45)nc3cc2C)cc1. The van der Waals surface area contributed by atoms with Crippen LogP contribution in [-0.4, -0.2) is 20.9 Å². The zero-order chi connectivity index (χ0) is 20.7. The maximum atomic E-state index is 12.6. The fourth-order valence-corrected chi connectivity index (χ4v) is 3.59. The first-order valence-electron chi connectivity index (χ1n) is 9.82. The molecule has 4 aromatic carbocycles. The number of amides is 1.